The van der Waals surface area contributed by atoms with E-state index in [9.17, 15) is 4.79 Å². The summed E-state index contributed by atoms with van der Waals surface area (Å²) in [7, 11) is 1.89. The summed E-state index contributed by atoms with van der Waals surface area (Å²) in [6.45, 7) is 0. The van der Waals surface area contributed by atoms with E-state index in [1.807, 2.05) is 36.8 Å². The van der Waals surface area contributed by atoms with Crippen LogP contribution >= 0.6 is 11.3 Å². The first-order chi connectivity index (χ1) is 11.7. The fourth-order valence-electron chi connectivity index (χ4n) is 2.49. The minimum atomic E-state index is -0.174. The van der Waals surface area contributed by atoms with Gasteiger partial charge >= 0.3 is 0 Å². The Bertz CT molecular complexity index is 1090. The van der Waals surface area contributed by atoms with Crippen LogP contribution in [0, 0.1) is 0 Å². The summed E-state index contributed by atoms with van der Waals surface area (Å²) in [6, 6.07) is 5.69. The highest BCUT2D eigenvalue weighted by Crippen LogP contribution is 2.27. The zero-order chi connectivity index (χ0) is 16.5. The van der Waals surface area contributed by atoms with Crippen molar-refractivity contribution < 1.29 is 0 Å². The first-order valence-electron chi connectivity index (χ1n) is 7.30. The van der Waals surface area contributed by atoms with Crippen LogP contribution in [-0.4, -0.2) is 24.7 Å². The number of aryl methyl sites for hydroxylation is 1. The van der Waals surface area contributed by atoms with Gasteiger partial charge in [-0.3, -0.25) is 14.5 Å². The van der Waals surface area contributed by atoms with Crippen LogP contribution in [0.4, 0.5) is 0 Å². The minimum absolute atomic E-state index is 0.174. The molecule has 118 valence electrons. The van der Waals surface area contributed by atoms with E-state index in [-0.39, 0.29) is 5.56 Å². The molecule has 0 aliphatic carbocycles. The highest BCUT2D eigenvalue weighted by molar-refractivity contribution is 7.13. The van der Waals surface area contributed by atoms with E-state index in [0.717, 1.165) is 16.1 Å². The van der Waals surface area contributed by atoms with Gasteiger partial charge in [0, 0.05) is 25.0 Å². The third-order valence-electron chi connectivity index (χ3n) is 3.56. The van der Waals surface area contributed by atoms with Crippen molar-refractivity contribution in [2.45, 2.75) is 0 Å². The number of nitrogens with one attached hydrogen (secondary N) is 1. The number of H-pyrrole nitrogens is 1. The van der Waals surface area contributed by atoms with Gasteiger partial charge in [-0.15, -0.1) is 11.3 Å². The van der Waals surface area contributed by atoms with Crippen molar-refractivity contribution in [3.63, 3.8) is 0 Å². The molecule has 0 atom stereocenters. The Morgan fingerprint density at radius 1 is 1.29 bits per heavy atom. The normalized spacial score (nSPS) is 11.5. The molecule has 0 unspecified atom stereocenters. The van der Waals surface area contributed by atoms with Crippen molar-refractivity contribution in [3.05, 3.63) is 63.9 Å². The van der Waals surface area contributed by atoms with Crippen molar-refractivity contribution in [1.29, 1.82) is 0 Å². The minimum Gasteiger partial charge on any atom is -0.306 e. The molecule has 0 fully saturated rings. The van der Waals surface area contributed by atoms with E-state index in [2.05, 4.69) is 20.1 Å². The number of aromatic amines is 1. The van der Waals surface area contributed by atoms with Gasteiger partial charge < -0.3 is 4.98 Å². The fraction of sp³-hybridized carbons (Fsp3) is 0.0588. The summed E-state index contributed by atoms with van der Waals surface area (Å²) in [5.41, 5.74) is 2.28. The van der Waals surface area contributed by atoms with Crippen LogP contribution in [0.2, 0.25) is 0 Å². The molecule has 4 heterocycles. The molecule has 0 radical (unpaired) electrons. The molecule has 0 aromatic carbocycles. The van der Waals surface area contributed by atoms with Crippen molar-refractivity contribution in [2.24, 2.45) is 7.05 Å². The predicted molar refractivity (Wildman–Crippen MR) is 95.6 cm³/mol. The molecule has 7 heteroatoms. The summed E-state index contributed by atoms with van der Waals surface area (Å²) in [5, 5.41) is 7.06. The zero-order valence-electron chi connectivity index (χ0n) is 12.8. The average molecular weight is 335 g/mol. The van der Waals surface area contributed by atoms with Gasteiger partial charge in [0.15, 0.2) is 0 Å². The Morgan fingerprint density at radius 2 is 2.21 bits per heavy atom. The van der Waals surface area contributed by atoms with Crippen LogP contribution in [0.3, 0.4) is 0 Å². The first kappa shape index (κ1) is 14.5. The molecule has 0 amide bonds. The van der Waals surface area contributed by atoms with E-state index in [0.29, 0.717) is 16.7 Å². The third kappa shape index (κ3) is 2.65. The van der Waals surface area contributed by atoms with E-state index in [1.54, 1.807) is 40.6 Å². The van der Waals surface area contributed by atoms with E-state index in [4.69, 9.17) is 0 Å². The second kappa shape index (κ2) is 5.86. The van der Waals surface area contributed by atoms with Crippen LogP contribution in [0.25, 0.3) is 33.6 Å². The van der Waals surface area contributed by atoms with E-state index >= 15 is 0 Å². The van der Waals surface area contributed by atoms with Gasteiger partial charge in [-0.2, -0.15) is 5.10 Å². The summed E-state index contributed by atoms with van der Waals surface area (Å²) >= 11 is 1.64. The number of fused-ring (bicyclic) bond motifs is 1. The van der Waals surface area contributed by atoms with Crippen LogP contribution in [0.15, 0.2) is 47.0 Å². The average Bonchev–Trinajstić information content (AvgIpc) is 3.22. The molecule has 4 aromatic rings. The smallest absolute Gasteiger partial charge is 0.259 e. The topological polar surface area (TPSA) is 76.5 Å². The van der Waals surface area contributed by atoms with Gasteiger partial charge in [-0.05, 0) is 29.7 Å². The molecule has 0 saturated carbocycles. The largest absolute Gasteiger partial charge is 0.306 e. The molecule has 0 saturated heterocycles. The molecule has 4 aromatic heterocycles. The molecule has 4 rings (SSSR count). The number of hydrogen-bond donors (Lipinski definition) is 1. The number of nitrogens with zero attached hydrogens (tertiary/aromatic N) is 4. The Labute approximate surface area is 141 Å². The van der Waals surface area contributed by atoms with Crippen molar-refractivity contribution >= 4 is 34.4 Å². The van der Waals surface area contributed by atoms with Crippen molar-refractivity contribution in [2.75, 3.05) is 0 Å². The maximum atomic E-state index is 12.1. The standard InChI is InChI=1S/C17H13N5OS/c1-22-10-11(16(21-22)14-3-2-8-24-14)4-5-15-19-13-9-18-7-6-12(13)17(23)20-15/h2-10H,1H3,(H,19,20,23). The quantitative estimate of drug-likeness (QED) is 0.624. The van der Waals surface area contributed by atoms with Gasteiger partial charge in [0.1, 0.15) is 11.5 Å². The second-order valence-electron chi connectivity index (χ2n) is 5.26. The predicted octanol–water partition coefficient (Wildman–Crippen LogP) is 2.95. The summed E-state index contributed by atoms with van der Waals surface area (Å²) < 4.78 is 1.77. The number of pyridine rings is 1. The Balaban J connectivity index is 1.75. The van der Waals surface area contributed by atoms with E-state index in [1.165, 1.54) is 0 Å². The number of hydrogen-bond acceptors (Lipinski definition) is 5. The molecule has 1 N–H and O–H groups in total. The lowest BCUT2D eigenvalue weighted by Gasteiger charge is -1.98. The molecule has 6 nitrogen and oxygen atoms in total. The number of aromatic nitrogens is 5. The monoisotopic (exact) mass is 335 g/mol. The van der Waals surface area contributed by atoms with Crippen molar-refractivity contribution in [3.8, 4) is 10.6 Å². The molecule has 24 heavy (non-hydrogen) atoms. The maximum absolute atomic E-state index is 12.1. The van der Waals surface area contributed by atoms with Gasteiger partial charge in [-0.1, -0.05) is 6.07 Å². The zero-order valence-corrected chi connectivity index (χ0v) is 13.6. The molecule has 0 spiro atoms. The molecule has 0 bridgehead atoms. The summed E-state index contributed by atoms with van der Waals surface area (Å²) in [6.07, 6.45) is 8.79. The molecule has 0 aliphatic rings. The lowest BCUT2D eigenvalue weighted by molar-refractivity contribution is 0.771. The summed E-state index contributed by atoms with van der Waals surface area (Å²) in [4.78, 5) is 24.4. The van der Waals surface area contributed by atoms with Crippen molar-refractivity contribution in [1.82, 2.24) is 24.7 Å². The number of rotatable bonds is 3. The molecular formula is C17H13N5OS. The highest BCUT2D eigenvalue weighted by Gasteiger charge is 2.09. The van der Waals surface area contributed by atoms with Crippen LogP contribution in [0.1, 0.15) is 11.4 Å². The molecular weight excluding hydrogens is 322 g/mol. The Hall–Kier alpha value is -3.06. The molecule has 0 aliphatic heterocycles. The third-order valence-corrected chi connectivity index (χ3v) is 4.44. The lowest BCUT2D eigenvalue weighted by atomic mass is 10.2. The lowest BCUT2D eigenvalue weighted by Crippen LogP contribution is -2.09. The van der Waals surface area contributed by atoms with Crippen LogP contribution in [0.5, 0.6) is 0 Å². The first-order valence-corrected chi connectivity index (χ1v) is 8.18. The van der Waals surface area contributed by atoms with Crippen LogP contribution < -0.4 is 5.56 Å². The van der Waals surface area contributed by atoms with Gasteiger partial charge in [0.25, 0.3) is 5.56 Å². The SMILES string of the molecule is Cn1cc(C=Cc2nc3cnccc3c(=O)[nH]2)c(-c2cccs2)n1. The Kier molecular flexibility index (Phi) is 3.55. The van der Waals surface area contributed by atoms with Gasteiger partial charge in [0.2, 0.25) is 0 Å². The summed E-state index contributed by atoms with van der Waals surface area (Å²) in [5.74, 6) is 0.487. The second-order valence-corrected chi connectivity index (χ2v) is 6.21. The van der Waals surface area contributed by atoms with E-state index < -0.39 is 0 Å². The fourth-order valence-corrected chi connectivity index (χ4v) is 3.22. The number of thiophene rings is 1. The van der Waals surface area contributed by atoms with Crippen LogP contribution in [-0.2, 0) is 7.05 Å². The maximum Gasteiger partial charge on any atom is 0.259 e. The highest BCUT2D eigenvalue weighted by atomic mass is 32.1. The Morgan fingerprint density at radius 3 is 3.04 bits per heavy atom. The van der Waals surface area contributed by atoms with Gasteiger partial charge in [-0.25, -0.2) is 4.98 Å². The van der Waals surface area contributed by atoms with Gasteiger partial charge in [0.05, 0.1) is 22.0 Å².